The van der Waals surface area contributed by atoms with E-state index in [1.807, 2.05) is 20.8 Å². The average Bonchev–Trinajstić information content (AvgIpc) is 2.38. The Morgan fingerprint density at radius 3 is 2.78 bits per heavy atom. The summed E-state index contributed by atoms with van der Waals surface area (Å²) >= 11 is 4.15. The topological polar surface area (TPSA) is 55.1 Å². The number of aromatic nitrogens is 2. The van der Waals surface area contributed by atoms with Crippen LogP contribution in [0.25, 0.3) is 0 Å². The minimum absolute atomic E-state index is 0.00435. The minimum atomic E-state index is -0.592. The van der Waals surface area contributed by atoms with Gasteiger partial charge in [0.1, 0.15) is 11.9 Å². The molecule has 4 nitrogen and oxygen atoms in total. The van der Waals surface area contributed by atoms with Crippen molar-refractivity contribution in [3.63, 3.8) is 0 Å². The zero-order valence-electron chi connectivity index (χ0n) is 11.3. The second kappa shape index (κ2) is 6.95. The number of aliphatic hydroxyl groups is 1. The van der Waals surface area contributed by atoms with Crippen LogP contribution in [0.4, 0.5) is 0 Å². The first-order valence-corrected chi connectivity index (χ1v) is 7.17. The molecular formula is C13H22N2O2S. The van der Waals surface area contributed by atoms with Crippen molar-refractivity contribution in [3.05, 3.63) is 27.4 Å². The number of aliphatic hydroxyl groups excluding tert-OH is 1. The van der Waals surface area contributed by atoms with E-state index in [9.17, 15) is 9.90 Å². The van der Waals surface area contributed by atoms with Gasteiger partial charge in [-0.25, -0.2) is 4.98 Å². The van der Waals surface area contributed by atoms with Gasteiger partial charge in [0, 0.05) is 17.8 Å². The number of thiol groups is 1. The molecule has 0 amide bonds. The zero-order chi connectivity index (χ0) is 13.7. The van der Waals surface area contributed by atoms with Crippen LogP contribution in [-0.4, -0.2) is 20.4 Å². The summed E-state index contributed by atoms with van der Waals surface area (Å²) in [5, 5.41) is 9.79. The summed E-state index contributed by atoms with van der Waals surface area (Å²) < 4.78 is 1.61. The van der Waals surface area contributed by atoms with Gasteiger partial charge < -0.3 is 5.11 Å². The average molecular weight is 270 g/mol. The Kier molecular flexibility index (Phi) is 5.88. The number of hydrogen-bond acceptors (Lipinski definition) is 4. The van der Waals surface area contributed by atoms with Crippen LogP contribution in [-0.2, 0) is 13.0 Å². The molecule has 1 atom stereocenters. The van der Waals surface area contributed by atoms with Gasteiger partial charge in [0.05, 0.1) is 0 Å². The minimum Gasteiger partial charge on any atom is -0.385 e. The quantitative estimate of drug-likeness (QED) is 0.807. The van der Waals surface area contributed by atoms with Crippen LogP contribution in [0, 0.1) is 6.92 Å². The summed E-state index contributed by atoms with van der Waals surface area (Å²) in [4.78, 5) is 16.5. The highest BCUT2D eigenvalue weighted by Gasteiger charge is 2.22. The van der Waals surface area contributed by atoms with E-state index >= 15 is 0 Å². The molecule has 0 aliphatic carbocycles. The van der Waals surface area contributed by atoms with Crippen molar-refractivity contribution >= 4 is 12.6 Å². The van der Waals surface area contributed by atoms with Crippen LogP contribution in [0.15, 0.2) is 4.79 Å². The predicted octanol–water partition coefficient (Wildman–Crippen LogP) is 1.88. The highest BCUT2D eigenvalue weighted by Crippen LogP contribution is 2.22. The molecule has 2 rings (SSSR count). The molecule has 1 aliphatic heterocycles. The molecule has 5 heteroatoms. The number of nitrogens with zero attached hydrogens (tertiary/aromatic N) is 2. The summed E-state index contributed by atoms with van der Waals surface area (Å²) in [6, 6.07) is 0. The first-order chi connectivity index (χ1) is 8.65. The van der Waals surface area contributed by atoms with E-state index in [2.05, 4.69) is 17.6 Å². The first-order valence-electron chi connectivity index (χ1n) is 6.54. The normalized spacial score (nSPS) is 17.7. The van der Waals surface area contributed by atoms with E-state index in [4.69, 9.17) is 0 Å². The van der Waals surface area contributed by atoms with Crippen LogP contribution in [0.2, 0.25) is 0 Å². The van der Waals surface area contributed by atoms with E-state index in [1.54, 1.807) is 4.57 Å². The third-order valence-electron chi connectivity index (χ3n) is 3.02. The molecule has 0 radical (unpaired) electrons. The van der Waals surface area contributed by atoms with Crippen molar-refractivity contribution in [2.45, 2.75) is 52.7 Å². The third kappa shape index (κ3) is 2.95. The number of fused-ring (bicyclic) bond motifs is 1. The highest BCUT2D eigenvalue weighted by atomic mass is 32.1. The number of rotatable bonds is 2. The summed E-state index contributed by atoms with van der Waals surface area (Å²) in [5.74, 6) is 1.16. The smallest absolute Gasteiger partial charge is 0.257 e. The molecule has 0 saturated heterocycles. The maximum Gasteiger partial charge on any atom is 0.257 e. The highest BCUT2D eigenvalue weighted by molar-refractivity contribution is 7.80. The van der Waals surface area contributed by atoms with Crippen LogP contribution in [0.1, 0.15) is 49.9 Å². The molecule has 18 heavy (non-hydrogen) atoms. The first kappa shape index (κ1) is 15.2. The summed E-state index contributed by atoms with van der Waals surface area (Å²) in [7, 11) is 0. The SMILES string of the molecule is CC.Cc1nc2n(c(=O)c1CCS)CCCC2O. The van der Waals surface area contributed by atoms with Crippen molar-refractivity contribution in [3.8, 4) is 0 Å². The van der Waals surface area contributed by atoms with E-state index in [0.717, 1.165) is 17.7 Å². The molecule has 102 valence electrons. The molecule has 0 bridgehead atoms. The van der Waals surface area contributed by atoms with Gasteiger partial charge in [-0.3, -0.25) is 9.36 Å². The molecule has 0 saturated carbocycles. The Labute approximate surface area is 113 Å². The van der Waals surface area contributed by atoms with E-state index in [-0.39, 0.29) is 5.56 Å². The maximum absolute atomic E-state index is 12.1. The second-order valence-corrected chi connectivity index (χ2v) is 4.57. The van der Waals surface area contributed by atoms with Gasteiger partial charge in [-0.05, 0) is 31.9 Å². The molecule has 1 aromatic heterocycles. The fraction of sp³-hybridized carbons (Fsp3) is 0.692. The largest absolute Gasteiger partial charge is 0.385 e. The number of aryl methyl sites for hydroxylation is 1. The molecule has 1 aliphatic rings. The third-order valence-corrected chi connectivity index (χ3v) is 3.24. The standard InChI is InChI=1S/C11H16N2O2S.C2H6/c1-7-8(4-6-16)11(15)13-5-2-3-9(14)10(13)12-7;1-2/h9,14,16H,2-6H2,1H3;1-2H3. The number of hydrogen-bond donors (Lipinski definition) is 2. The fourth-order valence-corrected chi connectivity index (χ4v) is 2.39. The van der Waals surface area contributed by atoms with E-state index in [0.29, 0.717) is 31.0 Å². The van der Waals surface area contributed by atoms with Crippen LogP contribution >= 0.6 is 12.6 Å². The predicted molar refractivity (Wildman–Crippen MR) is 76.3 cm³/mol. The lowest BCUT2D eigenvalue weighted by atomic mass is 10.1. The Morgan fingerprint density at radius 1 is 1.50 bits per heavy atom. The lowest BCUT2D eigenvalue weighted by Crippen LogP contribution is -2.33. The molecule has 1 unspecified atom stereocenters. The van der Waals surface area contributed by atoms with Crippen molar-refractivity contribution in [1.29, 1.82) is 0 Å². The van der Waals surface area contributed by atoms with Gasteiger partial charge in [-0.1, -0.05) is 13.8 Å². The van der Waals surface area contributed by atoms with Gasteiger partial charge in [0.15, 0.2) is 0 Å². The summed E-state index contributed by atoms with van der Waals surface area (Å²) in [5.41, 5.74) is 1.45. The zero-order valence-corrected chi connectivity index (χ0v) is 12.2. The van der Waals surface area contributed by atoms with Gasteiger partial charge >= 0.3 is 0 Å². The van der Waals surface area contributed by atoms with Crippen molar-refractivity contribution in [2.24, 2.45) is 0 Å². The summed E-state index contributed by atoms with van der Waals surface area (Å²) in [6.07, 6.45) is 1.57. The van der Waals surface area contributed by atoms with E-state index < -0.39 is 6.10 Å². The van der Waals surface area contributed by atoms with Crippen LogP contribution in [0.5, 0.6) is 0 Å². The molecule has 0 aromatic carbocycles. The molecule has 2 heterocycles. The van der Waals surface area contributed by atoms with Crippen LogP contribution in [0.3, 0.4) is 0 Å². The van der Waals surface area contributed by atoms with E-state index in [1.165, 1.54) is 0 Å². The van der Waals surface area contributed by atoms with Crippen molar-refractivity contribution in [1.82, 2.24) is 9.55 Å². The molecule has 0 fully saturated rings. The summed E-state index contributed by atoms with van der Waals surface area (Å²) in [6.45, 7) is 6.49. The van der Waals surface area contributed by atoms with Crippen molar-refractivity contribution in [2.75, 3.05) is 5.75 Å². The molecular weight excluding hydrogens is 248 g/mol. The maximum atomic E-state index is 12.1. The van der Waals surface area contributed by atoms with Gasteiger partial charge in [0.25, 0.3) is 5.56 Å². The fourth-order valence-electron chi connectivity index (χ4n) is 2.16. The van der Waals surface area contributed by atoms with Gasteiger partial charge in [-0.2, -0.15) is 12.6 Å². The molecule has 1 aromatic rings. The Morgan fingerprint density at radius 2 is 2.17 bits per heavy atom. The molecule has 1 N–H and O–H groups in total. The molecule has 0 spiro atoms. The lowest BCUT2D eigenvalue weighted by molar-refractivity contribution is 0.130. The lowest BCUT2D eigenvalue weighted by Gasteiger charge is -2.23. The van der Waals surface area contributed by atoms with Gasteiger partial charge in [-0.15, -0.1) is 0 Å². The Balaban J connectivity index is 0.000000771. The Bertz CT molecular complexity index is 457. The van der Waals surface area contributed by atoms with Crippen LogP contribution < -0.4 is 5.56 Å². The monoisotopic (exact) mass is 270 g/mol. The second-order valence-electron chi connectivity index (χ2n) is 4.12. The van der Waals surface area contributed by atoms with Crippen molar-refractivity contribution < 1.29 is 5.11 Å². The Hall–Kier alpha value is -0.810. The van der Waals surface area contributed by atoms with Gasteiger partial charge in [0.2, 0.25) is 0 Å².